The first-order chi connectivity index (χ1) is 7.22. The van der Waals surface area contributed by atoms with E-state index >= 15 is 0 Å². The van der Waals surface area contributed by atoms with E-state index in [4.69, 9.17) is 0 Å². The van der Waals surface area contributed by atoms with Crippen molar-refractivity contribution < 1.29 is 0 Å². The third kappa shape index (κ3) is 2.40. The molecule has 1 fully saturated rings. The van der Waals surface area contributed by atoms with Crippen LogP contribution >= 0.6 is 15.9 Å². The molecule has 0 bridgehead atoms. The van der Waals surface area contributed by atoms with Gasteiger partial charge < -0.3 is 10.6 Å². The summed E-state index contributed by atoms with van der Waals surface area (Å²) in [5, 5.41) is 6.35. The van der Waals surface area contributed by atoms with Crippen molar-refractivity contribution in [1.82, 2.24) is 9.97 Å². The minimum absolute atomic E-state index is 0.810. The molecule has 82 valence electrons. The molecule has 15 heavy (non-hydrogen) atoms. The summed E-state index contributed by atoms with van der Waals surface area (Å²) in [5.74, 6) is 3.36. The average molecular weight is 271 g/mol. The first-order valence-corrected chi connectivity index (χ1v) is 5.93. The van der Waals surface area contributed by atoms with Gasteiger partial charge in [0.15, 0.2) is 0 Å². The number of hydrogen-bond acceptors (Lipinski definition) is 4. The number of hydrogen-bond donors (Lipinski definition) is 2. The Balaban J connectivity index is 2.01. The van der Waals surface area contributed by atoms with Crippen LogP contribution in [0.4, 0.5) is 11.6 Å². The van der Waals surface area contributed by atoms with E-state index in [2.05, 4.69) is 43.5 Å². The predicted octanol–water partition coefficient (Wildman–Crippen LogP) is 2.35. The molecule has 0 aromatic carbocycles. The van der Waals surface area contributed by atoms with Crippen LogP contribution in [0.25, 0.3) is 0 Å². The van der Waals surface area contributed by atoms with E-state index in [1.165, 1.54) is 6.42 Å². The molecule has 2 atom stereocenters. The van der Waals surface area contributed by atoms with Crippen LogP contribution in [-0.2, 0) is 0 Å². The van der Waals surface area contributed by atoms with Gasteiger partial charge in [0.05, 0.1) is 0 Å². The number of aromatic nitrogens is 2. The molecular weight excluding hydrogens is 256 g/mol. The molecule has 1 aromatic rings. The Hall–Kier alpha value is -0.840. The highest BCUT2D eigenvalue weighted by atomic mass is 79.9. The number of nitrogens with one attached hydrogen (secondary N) is 2. The lowest BCUT2D eigenvalue weighted by Crippen LogP contribution is -2.08. The Bertz CT molecular complexity index is 355. The summed E-state index contributed by atoms with van der Waals surface area (Å²) in [6.07, 6.45) is 2.89. The highest BCUT2D eigenvalue weighted by molar-refractivity contribution is 9.10. The molecule has 2 rings (SSSR count). The van der Waals surface area contributed by atoms with Crippen LogP contribution < -0.4 is 10.6 Å². The van der Waals surface area contributed by atoms with E-state index in [0.29, 0.717) is 0 Å². The Kier molecular flexibility index (Phi) is 3.09. The number of halogens is 1. The second-order valence-corrected chi connectivity index (χ2v) is 4.78. The highest BCUT2D eigenvalue weighted by Gasteiger charge is 2.32. The quantitative estimate of drug-likeness (QED) is 0.882. The lowest BCUT2D eigenvalue weighted by atomic mass is 10.3. The summed E-state index contributed by atoms with van der Waals surface area (Å²) in [6.45, 7) is 3.28. The van der Waals surface area contributed by atoms with Crippen molar-refractivity contribution in [2.75, 3.05) is 24.2 Å². The molecule has 0 amide bonds. The van der Waals surface area contributed by atoms with Crippen LogP contribution in [-0.4, -0.2) is 23.6 Å². The van der Waals surface area contributed by atoms with E-state index in [0.717, 1.165) is 34.5 Å². The predicted molar refractivity (Wildman–Crippen MR) is 65.0 cm³/mol. The molecular formula is C10H15BrN4. The Morgan fingerprint density at radius 3 is 2.73 bits per heavy atom. The number of nitrogens with zero attached hydrogens (tertiary/aromatic N) is 2. The van der Waals surface area contributed by atoms with Gasteiger partial charge in [0.25, 0.3) is 0 Å². The standard InChI is InChI=1S/C10H15BrN4/c1-6-3-7(6)4-13-10-8(11)9(12-2)14-5-15-10/h5-7H,3-4H2,1-2H3,(H2,12,13,14,15). The summed E-state index contributed by atoms with van der Waals surface area (Å²) in [4.78, 5) is 8.31. The van der Waals surface area contributed by atoms with Gasteiger partial charge in [-0.15, -0.1) is 0 Å². The highest BCUT2D eigenvalue weighted by Crippen LogP contribution is 2.38. The molecule has 1 heterocycles. The maximum absolute atomic E-state index is 4.20. The molecule has 4 nitrogen and oxygen atoms in total. The smallest absolute Gasteiger partial charge is 0.145 e. The van der Waals surface area contributed by atoms with Gasteiger partial charge in [-0.2, -0.15) is 0 Å². The largest absolute Gasteiger partial charge is 0.372 e. The van der Waals surface area contributed by atoms with Gasteiger partial charge in [0.2, 0.25) is 0 Å². The van der Waals surface area contributed by atoms with Crippen LogP contribution in [0.15, 0.2) is 10.8 Å². The average Bonchev–Trinajstić information content (AvgIpc) is 2.93. The van der Waals surface area contributed by atoms with Gasteiger partial charge in [0.1, 0.15) is 22.4 Å². The first-order valence-electron chi connectivity index (χ1n) is 5.14. The Labute approximate surface area is 98.0 Å². The first kappa shape index (κ1) is 10.7. The molecule has 1 aliphatic rings. The van der Waals surface area contributed by atoms with Gasteiger partial charge >= 0.3 is 0 Å². The molecule has 2 N–H and O–H groups in total. The fraction of sp³-hybridized carbons (Fsp3) is 0.600. The third-order valence-corrected chi connectivity index (χ3v) is 3.59. The van der Waals surface area contributed by atoms with E-state index in [1.54, 1.807) is 6.33 Å². The molecule has 5 heteroatoms. The van der Waals surface area contributed by atoms with Crippen LogP contribution in [0.3, 0.4) is 0 Å². The van der Waals surface area contributed by atoms with Crippen molar-refractivity contribution in [1.29, 1.82) is 0 Å². The summed E-state index contributed by atoms with van der Waals surface area (Å²) in [6, 6.07) is 0. The van der Waals surface area contributed by atoms with Crippen molar-refractivity contribution in [3.8, 4) is 0 Å². The lowest BCUT2D eigenvalue weighted by Gasteiger charge is -2.09. The molecule has 0 radical (unpaired) electrons. The Morgan fingerprint density at radius 1 is 1.47 bits per heavy atom. The zero-order valence-electron chi connectivity index (χ0n) is 8.92. The molecule has 1 saturated carbocycles. The lowest BCUT2D eigenvalue weighted by molar-refractivity contribution is 0.783. The van der Waals surface area contributed by atoms with Gasteiger partial charge in [-0.05, 0) is 34.2 Å². The van der Waals surface area contributed by atoms with E-state index < -0.39 is 0 Å². The molecule has 0 saturated heterocycles. The fourth-order valence-electron chi connectivity index (χ4n) is 1.58. The summed E-state index contributed by atoms with van der Waals surface area (Å²) in [7, 11) is 1.85. The van der Waals surface area contributed by atoms with E-state index in [-0.39, 0.29) is 0 Å². The fourth-order valence-corrected chi connectivity index (χ4v) is 2.12. The number of rotatable bonds is 4. The van der Waals surface area contributed by atoms with E-state index in [1.807, 2.05) is 7.05 Å². The molecule has 1 aliphatic carbocycles. The van der Waals surface area contributed by atoms with Crippen LogP contribution in [0.5, 0.6) is 0 Å². The summed E-state index contributed by atoms with van der Waals surface area (Å²) >= 11 is 3.48. The molecule has 2 unspecified atom stereocenters. The van der Waals surface area contributed by atoms with Crippen molar-refractivity contribution >= 4 is 27.6 Å². The van der Waals surface area contributed by atoms with Gasteiger partial charge in [0, 0.05) is 13.6 Å². The van der Waals surface area contributed by atoms with Crippen molar-refractivity contribution in [2.24, 2.45) is 11.8 Å². The monoisotopic (exact) mass is 270 g/mol. The minimum atomic E-state index is 0.810. The van der Waals surface area contributed by atoms with E-state index in [9.17, 15) is 0 Å². The summed E-state index contributed by atoms with van der Waals surface area (Å²) < 4.78 is 0.904. The third-order valence-electron chi connectivity index (χ3n) is 2.83. The van der Waals surface area contributed by atoms with Crippen LogP contribution in [0.1, 0.15) is 13.3 Å². The van der Waals surface area contributed by atoms with Crippen LogP contribution in [0.2, 0.25) is 0 Å². The molecule has 1 aromatic heterocycles. The number of anilines is 2. The minimum Gasteiger partial charge on any atom is -0.372 e. The molecule has 0 aliphatic heterocycles. The Morgan fingerprint density at radius 2 is 2.13 bits per heavy atom. The van der Waals surface area contributed by atoms with Crippen LogP contribution in [0, 0.1) is 11.8 Å². The topological polar surface area (TPSA) is 49.8 Å². The second-order valence-electron chi connectivity index (χ2n) is 3.99. The maximum atomic E-state index is 4.20. The molecule has 0 spiro atoms. The van der Waals surface area contributed by atoms with Crippen molar-refractivity contribution in [3.63, 3.8) is 0 Å². The normalized spacial score (nSPS) is 23.7. The zero-order valence-corrected chi connectivity index (χ0v) is 10.5. The summed E-state index contributed by atoms with van der Waals surface area (Å²) in [5.41, 5.74) is 0. The van der Waals surface area contributed by atoms with Crippen molar-refractivity contribution in [3.05, 3.63) is 10.8 Å². The van der Waals surface area contributed by atoms with Gasteiger partial charge in [-0.25, -0.2) is 9.97 Å². The maximum Gasteiger partial charge on any atom is 0.145 e. The SMILES string of the molecule is CNc1ncnc(NCC2CC2C)c1Br. The second kappa shape index (κ2) is 4.35. The zero-order chi connectivity index (χ0) is 10.8. The van der Waals surface area contributed by atoms with Gasteiger partial charge in [-0.3, -0.25) is 0 Å². The van der Waals surface area contributed by atoms with Gasteiger partial charge in [-0.1, -0.05) is 6.92 Å². The van der Waals surface area contributed by atoms with Crippen molar-refractivity contribution in [2.45, 2.75) is 13.3 Å².